The van der Waals surface area contributed by atoms with Crippen molar-refractivity contribution in [1.82, 2.24) is 9.80 Å². The summed E-state index contributed by atoms with van der Waals surface area (Å²) in [7, 11) is 0. The minimum absolute atomic E-state index is 0. The van der Waals surface area contributed by atoms with Crippen molar-refractivity contribution in [2.45, 2.75) is 173 Å². The Morgan fingerprint density at radius 1 is 0.536 bits per heavy atom. The SMILES string of the molecule is C.C.CC(C)(C)C1CCC(O)CC1.CCOC(=O)C1CCN(Cc2ccc3cc(O)ccc3c2)CC1.CCOC(=O)C1CCN(Cc2ccc3cc(OC4CCC(C(C)(C)C)CC4)ccc3c2)CC1. The molecule has 0 bridgehead atoms. The molecule has 2 aliphatic carbocycles. The number of piperidine rings is 2. The van der Waals surface area contributed by atoms with E-state index in [0.717, 1.165) is 119 Å². The predicted octanol–water partition coefficient (Wildman–Crippen LogP) is 13.8. The fourth-order valence-electron chi connectivity index (χ4n) is 10.7. The maximum absolute atomic E-state index is 12.0. The summed E-state index contributed by atoms with van der Waals surface area (Å²) >= 11 is 0. The average molecular weight is 953 g/mol. The van der Waals surface area contributed by atoms with Gasteiger partial charge < -0.3 is 24.4 Å². The third-order valence-corrected chi connectivity index (χ3v) is 15.1. The number of carbonyl (C=O) groups is 2. The second kappa shape index (κ2) is 26.9. The molecule has 2 saturated carbocycles. The molecule has 4 fully saturated rings. The standard InChI is InChI=1S/C29H41NO3.C19H23NO3.C10H20O.2CH4/c1-5-32-28(31)22-14-16-30(17-15-22)20-21-6-7-24-19-27(11-8-23(24)18-21)33-26-12-9-25(10-13-26)29(2,3)4;1-2-23-19(22)15-7-9-20(10-8-15)13-14-3-4-17-12-18(21)6-5-16(17)11-14;1-10(2,3)8-4-6-9(11)7-5-8;;/h6-8,11,18-19,22,25-26H,5,9-10,12-17,20H2,1-4H3;3-6,11-12,15,21H,2,7-10,13H2,1H3;8-9,11H,4-7H2,1-3H3;2*1H4. The summed E-state index contributed by atoms with van der Waals surface area (Å²) in [6.07, 6.45) is 13.2. The second-order valence-electron chi connectivity index (χ2n) is 22.1. The second-order valence-corrected chi connectivity index (χ2v) is 22.1. The number of aliphatic hydroxyl groups is 1. The van der Waals surface area contributed by atoms with Gasteiger partial charge in [0.05, 0.1) is 37.3 Å². The molecule has 9 heteroatoms. The number of hydrogen-bond acceptors (Lipinski definition) is 9. The molecule has 4 aromatic rings. The minimum atomic E-state index is -0.0438. The number of fused-ring (bicyclic) bond motifs is 2. The number of phenols is 1. The normalized spacial score (nSPS) is 21.9. The van der Waals surface area contributed by atoms with E-state index in [-0.39, 0.29) is 44.7 Å². The van der Waals surface area contributed by atoms with Gasteiger partial charge in [0.15, 0.2) is 0 Å². The van der Waals surface area contributed by atoms with Crippen LogP contribution >= 0.6 is 0 Å². The Kier molecular flexibility index (Phi) is 22.4. The van der Waals surface area contributed by atoms with Crippen molar-refractivity contribution < 1.29 is 34.0 Å². The molecule has 4 aromatic carbocycles. The zero-order chi connectivity index (χ0) is 48.1. The van der Waals surface area contributed by atoms with Crippen molar-refractivity contribution in [3.05, 3.63) is 83.9 Å². The number of benzene rings is 4. The topological polar surface area (TPSA) is 109 Å². The largest absolute Gasteiger partial charge is 0.508 e. The van der Waals surface area contributed by atoms with Crippen LogP contribution in [-0.4, -0.2) is 83.6 Å². The van der Waals surface area contributed by atoms with Crippen LogP contribution in [0.15, 0.2) is 72.8 Å². The molecule has 69 heavy (non-hydrogen) atoms. The predicted molar refractivity (Wildman–Crippen MR) is 286 cm³/mol. The highest BCUT2D eigenvalue weighted by molar-refractivity contribution is 5.85. The lowest BCUT2D eigenvalue weighted by atomic mass is 9.72. The van der Waals surface area contributed by atoms with Crippen LogP contribution in [0.5, 0.6) is 11.5 Å². The molecule has 0 unspecified atom stereocenters. The van der Waals surface area contributed by atoms with E-state index in [2.05, 4.69) is 106 Å². The number of aliphatic hydroxyl groups excluding tert-OH is 1. The molecular weight excluding hydrogens is 861 g/mol. The van der Waals surface area contributed by atoms with E-state index in [1.807, 2.05) is 19.9 Å². The molecule has 0 aromatic heterocycles. The van der Waals surface area contributed by atoms with Gasteiger partial charge in [0, 0.05) is 13.1 Å². The van der Waals surface area contributed by atoms with Gasteiger partial charge >= 0.3 is 11.9 Å². The quantitative estimate of drug-likeness (QED) is 0.150. The highest BCUT2D eigenvalue weighted by Crippen LogP contribution is 2.40. The number of hydrogen-bond donors (Lipinski definition) is 2. The van der Waals surface area contributed by atoms with Gasteiger partial charge in [0.2, 0.25) is 0 Å². The summed E-state index contributed by atoms with van der Waals surface area (Å²) in [6.45, 7) is 24.2. The number of likely N-dealkylation sites (tertiary alicyclic amines) is 2. The van der Waals surface area contributed by atoms with E-state index in [4.69, 9.17) is 14.2 Å². The molecule has 0 spiro atoms. The first kappa shape index (κ1) is 57.4. The number of carbonyl (C=O) groups excluding carboxylic acids is 2. The summed E-state index contributed by atoms with van der Waals surface area (Å²) in [5.74, 6) is 2.99. The van der Waals surface area contributed by atoms with Gasteiger partial charge in [-0.15, -0.1) is 0 Å². The molecule has 0 radical (unpaired) electrons. The van der Waals surface area contributed by atoms with Crippen LogP contribution in [0.4, 0.5) is 0 Å². The van der Waals surface area contributed by atoms with Gasteiger partial charge in [0.25, 0.3) is 0 Å². The van der Waals surface area contributed by atoms with Crippen LogP contribution in [0.25, 0.3) is 21.5 Å². The van der Waals surface area contributed by atoms with Gasteiger partial charge in [-0.3, -0.25) is 19.4 Å². The molecular formula is C60H92N2O7. The Bertz CT molecular complexity index is 2160. The first-order valence-corrected chi connectivity index (χ1v) is 25.8. The third kappa shape index (κ3) is 17.6. The molecule has 8 rings (SSSR count). The van der Waals surface area contributed by atoms with Crippen molar-refractivity contribution in [2.75, 3.05) is 39.4 Å². The Labute approximate surface area is 417 Å². The van der Waals surface area contributed by atoms with Crippen LogP contribution in [-0.2, 0) is 32.2 Å². The van der Waals surface area contributed by atoms with Crippen LogP contribution in [0.3, 0.4) is 0 Å². The van der Waals surface area contributed by atoms with Crippen LogP contribution in [0.1, 0.15) is 158 Å². The number of nitrogens with zero attached hydrogens (tertiary/aromatic N) is 2. The van der Waals surface area contributed by atoms with Gasteiger partial charge in [-0.25, -0.2) is 0 Å². The van der Waals surface area contributed by atoms with Crippen molar-refractivity contribution in [1.29, 1.82) is 0 Å². The molecule has 9 nitrogen and oxygen atoms in total. The average Bonchev–Trinajstić information content (AvgIpc) is 3.30. The monoisotopic (exact) mass is 953 g/mol. The molecule has 2 aliphatic heterocycles. The summed E-state index contributed by atoms with van der Waals surface area (Å²) in [4.78, 5) is 28.6. The van der Waals surface area contributed by atoms with E-state index < -0.39 is 0 Å². The Hall–Kier alpha value is -4.18. The van der Waals surface area contributed by atoms with Crippen molar-refractivity contribution in [3.63, 3.8) is 0 Å². The van der Waals surface area contributed by atoms with E-state index in [0.29, 0.717) is 35.9 Å². The lowest BCUT2D eigenvalue weighted by Crippen LogP contribution is -2.36. The summed E-state index contributed by atoms with van der Waals surface area (Å²) in [6, 6.07) is 25.1. The van der Waals surface area contributed by atoms with Crippen LogP contribution in [0.2, 0.25) is 0 Å². The maximum Gasteiger partial charge on any atom is 0.309 e. The molecule has 0 atom stereocenters. The van der Waals surface area contributed by atoms with E-state index in [9.17, 15) is 19.8 Å². The molecule has 2 saturated heterocycles. The number of rotatable bonds is 10. The molecule has 2 heterocycles. The summed E-state index contributed by atoms with van der Waals surface area (Å²) in [5.41, 5.74) is 3.44. The lowest BCUT2D eigenvalue weighted by Gasteiger charge is -2.37. The van der Waals surface area contributed by atoms with Gasteiger partial charge in [-0.2, -0.15) is 0 Å². The fraction of sp³-hybridized carbons (Fsp3) is 0.633. The number of ether oxygens (including phenoxy) is 3. The Morgan fingerprint density at radius 2 is 0.928 bits per heavy atom. The number of aromatic hydroxyl groups is 1. The number of esters is 2. The summed E-state index contributed by atoms with van der Waals surface area (Å²) in [5, 5.41) is 23.5. The zero-order valence-electron chi connectivity index (χ0n) is 42.4. The Morgan fingerprint density at radius 3 is 1.36 bits per heavy atom. The first-order valence-electron chi connectivity index (χ1n) is 25.8. The highest BCUT2D eigenvalue weighted by Gasteiger charge is 2.32. The van der Waals surface area contributed by atoms with Gasteiger partial charge in [0.1, 0.15) is 11.5 Å². The maximum atomic E-state index is 12.0. The molecule has 2 N–H and O–H groups in total. The van der Waals surface area contributed by atoms with Crippen molar-refractivity contribution in [2.24, 2.45) is 34.5 Å². The minimum Gasteiger partial charge on any atom is -0.508 e. The zero-order valence-corrected chi connectivity index (χ0v) is 42.4. The van der Waals surface area contributed by atoms with E-state index >= 15 is 0 Å². The lowest BCUT2D eigenvalue weighted by molar-refractivity contribution is -0.150. The highest BCUT2D eigenvalue weighted by atomic mass is 16.5. The van der Waals surface area contributed by atoms with Crippen molar-refractivity contribution >= 4 is 33.5 Å². The van der Waals surface area contributed by atoms with Crippen LogP contribution in [0, 0.1) is 34.5 Å². The van der Waals surface area contributed by atoms with Crippen LogP contribution < -0.4 is 4.74 Å². The molecule has 4 aliphatic rings. The molecule has 384 valence electrons. The van der Waals surface area contributed by atoms with E-state index in [1.165, 1.54) is 47.6 Å². The van der Waals surface area contributed by atoms with E-state index in [1.54, 1.807) is 12.1 Å². The number of phenolic OH excluding ortho intramolecular Hbond substituents is 1. The first-order chi connectivity index (χ1) is 32.0. The smallest absolute Gasteiger partial charge is 0.309 e. The van der Waals surface area contributed by atoms with Crippen molar-refractivity contribution in [3.8, 4) is 11.5 Å². The summed E-state index contributed by atoms with van der Waals surface area (Å²) < 4.78 is 16.7. The van der Waals surface area contributed by atoms with Gasteiger partial charge in [-0.05, 0) is 209 Å². The fourth-order valence-corrected chi connectivity index (χ4v) is 10.7. The third-order valence-electron chi connectivity index (χ3n) is 15.1. The van der Waals surface area contributed by atoms with Gasteiger partial charge in [-0.1, -0.05) is 92.8 Å². The molecule has 0 amide bonds. The Balaban J connectivity index is 0.000000250.